The fourth-order valence-corrected chi connectivity index (χ4v) is 4.03. The molecule has 0 unspecified atom stereocenters. The summed E-state index contributed by atoms with van der Waals surface area (Å²) < 4.78 is 28.6. The summed E-state index contributed by atoms with van der Waals surface area (Å²) in [5.41, 5.74) is 1.48. The molecule has 0 aliphatic rings. The number of carbonyl (C=O) groups excluding carboxylic acids is 1. The number of nitrogens with one attached hydrogen (secondary N) is 1. The highest BCUT2D eigenvalue weighted by molar-refractivity contribution is 7.89. The number of rotatable bonds is 9. The van der Waals surface area contributed by atoms with Crippen LogP contribution < -0.4 is 5.32 Å². The highest BCUT2D eigenvalue weighted by Gasteiger charge is 2.20. The fourth-order valence-electron chi connectivity index (χ4n) is 2.87. The van der Waals surface area contributed by atoms with Crippen LogP contribution in [0.1, 0.15) is 18.4 Å². The fraction of sp³-hybridized carbons (Fsp3) is 0.238. The Morgan fingerprint density at radius 3 is 2.45 bits per heavy atom. The smallest absolute Gasteiger partial charge is 0.243 e. The van der Waals surface area contributed by atoms with E-state index in [1.807, 2.05) is 42.6 Å². The van der Waals surface area contributed by atoms with E-state index in [0.717, 1.165) is 5.56 Å². The van der Waals surface area contributed by atoms with Crippen molar-refractivity contribution in [1.29, 1.82) is 0 Å². The summed E-state index contributed by atoms with van der Waals surface area (Å²) >= 11 is 0. The van der Waals surface area contributed by atoms with E-state index >= 15 is 0 Å². The van der Waals surface area contributed by atoms with E-state index in [-0.39, 0.29) is 17.3 Å². The van der Waals surface area contributed by atoms with E-state index in [1.165, 1.54) is 16.4 Å². The standard InChI is InChI=1S/C21H24N4O3S/c1-24(17-18-7-3-2-4-8-18)29(27,28)20-12-10-19(11-13-20)23-21(26)9-5-15-25-16-6-14-22-25/h2-4,6-8,10-14,16H,5,9,15,17H2,1H3,(H,23,26). The third-order valence-corrected chi connectivity index (χ3v) is 6.26. The van der Waals surface area contributed by atoms with Gasteiger partial charge < -0.3 is 5.32 Å². The monoisotopic (exact) mass is 412 g/mol. The summed E-state index contributed by atoms with van der Waals surface area (Å²) in [5.74, 6) is -0.117. The van der Waals surface area contributed by atoms with Crippen molar-refractivity contribution in [3.63, 3.8) is 0 Å². The third-order valence-electron chi connectivity index (χ3n) is 4.44. The zero-order chi connectivity index (χ0) is 20.7. The third kappa shape index (κ3) is 5.75. The number of amides is 1. The zero-order valence-electron chi connectivity index (χ0n) is 16.2. The van der Waals surface area contributed by atoms with Gasteiger partial charge in [0.05, 0.1) is 4.90 Å². The molecule has 7 nitrogen and oxygen atoms in total. The van der Waals surface area contributed by atoms with Crippen molar-refractivity contribution in [2.45, 2.75) is 30.8 Å². The molecule has 2 aromatic carbocycles. The zero-order valence-corrected chi connectivity index (χ0v) is 17.0. The number of sulfonamides is 1. The Kier molecular flexibility index (Phi) is 6.79. The van der Waals surface area contributed by atoms with E-state index in [0.29, 0.717) is 25.1 Å². The second-order valence-electron chi connectivity index (χ2n) is 6.69. The van der Waals surface area contributed by atoms with Crippen molar-refractivity contribution in [3.8, 4) is 0 Å². The van der Waals surface area contributed by atoms with Crippen LogP contribution in [0.2, 0.25) is 0 Å². The van der Waals surface area contributed by atoms with Gasteiger partial charge in [0.1, 0.15) is 0 Å². The summed E-state index contributed by atoms with van der Waals surface area (Å²) in [6, 6.07) is 17.5. The number of aromatic nitrogens is 2. The van der Waals surface area contributed by atoms with E-state index in [2.05, 4.69) is 10.4 Å². The summed E-state index contributed by atoms with van der Waals surface area (Å²) in [7, 11) is -2.06. The Hall–Kier alpha value is -2.97. The molecule has 0 spiro atoms. The molecule has 0 atom stereocenters. The van der Waals surface area contributed by atoms with Crippen LogP contribution in [0.4, 0.5) is 5.69 Å². The first-order valence-electron chi connectivity index (χ1n) is 9.33. The van der Waals surface area contributed by atoms with Crippen LogP contribution >= 0.6 is 0 Å². The first-order valence-corrected chi connectivity index (χ1v) is 10.8. The lowest BCUT2D eigenvalue weighted by atomic mass is 10.2. The number of nitrogens with zero attached hydrogens (tertiary/aromatic N) is 3. The lowest BCUT2D eigenvalue weighted by Crippen LogP contribution is -2.26. The van der Waals surface area contributed by atoms with Crippen molar-refractivity contribution >= 4 is 21.6 Å². The van der Waals surface area contributed by atoms with Gasteiger partial charge in [0, 0.05) is 44.6 Å². The molecular weight excluding hydrogens is 388 g/mol. The second kappa shape index (κ2) is 9.49. The quantitative estimate of drug-likeness (QED) is 0.585. The lowest BCUT2D eigenvalue weighted by molar-refractivity contribution is -0.116. The van der Waals surface area contributed by atoms with Gasteiger partial charge in [0.25, 0.3) is 0 Å². The maximum absolute atomic E-state index is 12.8. The largest absolute Gasteiger partial charge is 0.326 e. The van der Waals surface area contributed by atoms with E-state index < -0.39 is 10.0 Å². The minimum atomic E-state index is -3.61. The summed E-state index contributed by atoms with van der Waals surface area (Å²) in [5, 5.41) is 6.89. The molecule has 152 valence electrons. The highest BCUT2D eigenvalue weighted by atomic mass is 32.2. The van der Waals surface area contributed by atoms with Crippen molar-refractivity contribution in [3.05, 3.63) is 78.6 Å². The Morgan fingerprint density at radius 2 is 1.79 bits per heavy atom. The van der Waals surface area contributed by atoms with Gasteiger partial charge >= 0.3 is 0 Å². The van der Waals surface area contributed by atoms with Gasteiger partial charge in [0.15, 0.2) is 0 Å². The number of aryl methyl sites for hydroxylation is 1. The number of anilines is 1. The van der Waals surface area contributed by atoms with Crippen LogP contribution in [0.15, 0.2) is 78.0 Å². The van der Waals surface area contributed by atoms with Gasteiger partial charge in [-0.15, -0.1) is 0 Å². The van der Waals surface area contributed by atoms with Gasteiger partial charge in [-0.1, -0.05) is 30.3 Å². The molecular formula is C21H24N4O3S. The van der Waals surface area contributed by atoms with E-state index in [4.69, 9.17) is 0 Å². The van der Waals surface area contributed by atoms with Crippen LogP contribution in [0.25, 0.3) is 0 Å². The van der Waals surface area contributed by atoms with Gasteiger partial charge in [-0.3, -0.25) is 9.48 Å². The highest BCUT2D eigenvalue weighted by Crippen LogP contribution is 2.19. The van der Waals surface area contributed by atoms with Gasteiger partial charge in [-0.25, -0.2) is 8.42 Å². The molecule has 0 saturated heterocycles. The maximum atomic E-state index is 12.8. The van der Waals surface area contributed by atoms with Crippen molar-refractivity contribution in [2.24, 2.45) is 0 Å². The van der Waals surface area contributed by atoms with Crippen LogP contribution in [0.5, 0.6) is 0 Å². The molecule has 3 rings (SSSR count). The molecule has 1 N–H and O–H groups in total. The number of benzene rings is 2. The summed E-state index contributed by atoms with van der Waals surface area (Å²) in [6.45, 7) is 0.962. The van der Waals surface area contributed by atoms with Crippen molar-refractivity contribution < 1.29 is 13.2 Å². The average molecular weight is 413 g/mol. The van der Waals surface area contributed by atoms with Crippen LogP contribution in [0, 0.1) is 0 Å². The predicted molar refractivity (Wildman–Crippen MR) is 112 cm³/mol. The first kappa shape index (κ1) is 20.8. The molecule has 0 fully saturated rings. The molecule has 0 aliphatic carbocycles. The molecule has 1 heterocycles. The molecule has 0 bridgehead atoms. The van der Waals surface area contributed by atoms with E-state index in [1.54, 1.807) is 30.1 Å². The maximum Gasteiger partial charge on any atom is 0.243 e. The minimum Gasteiger partial charge on any atom is -0.326 e. The molecule has 0 saturated carbocycles. The molecule has 8 heteroatoms. The number of carbonyl (C=O) groups is 1. The van der Waals surface area contributed by atoms with Crippen molar-refractivity contribution in [2.75, 3.05) is 12.4 Å². The molecule has 3 aromatic rings. The number of hydrogen-bond donors (Lipinski definition) is 1. The lowest BCUT2D eigenvalue weighted by Gasteiger charge is -2.17. The van der Waals surface area contributed by atoms with Gasteiger partial charge in [-0.2, -0.15) is 9.40 Å². The molecule has 29 heavy (non-hydrogen) atoms. The summed E-state index contributed by atoms with van der Waals surface area (Å²) in [4.78, 5) is 12.3. The van der Waals surface area contributed by atoms with Crippen LogP contribution in [0.3, 0.4) is 0 Å². The Balaban J connectivity index is 1.55. The molecule has 0 aliphatic heterocycles. The minimum absolute atomic E-state index is 0.117. The van der Waals surface area contributed by atoms with Crippen LogP contribution in [-0.4, -0.2) is 35.5 Å². The SMILES string of the molecule is CN(Cc1ccccc1)S(=O)(=O)c1ccc(NC(=O)CCCn2cccn2)cc1. The van der Waals surface area contributed by atoms with Crippen molar-refractivity contribution in [1.82, 2.24) is 14.1 Å². The average Bonchev–Trinajstić information content (AvgIpc) is 3.22. The van der Waals surface area contributed by atoms with Gasteiger partial charge in [-0.05, 0) is 42.3 Å². The predicted octanol–water partition coefficient (Wildman–Crippen LogP) is 3.12. The van der Waals surface area contributed by atoms with Gasteiger partial charge in [0.2, 0.25) is 15.9 Å². The summed E-state index contributed by atoms with van der Waals surface area (Å²) in [6.07, 6.45) is 4.59. The molecule has 1 amide bonds. The van der Waals surface area contributed by atoms with E-state index in [9.17, 15) is 13.2 Å². The molecule has 1 aromatic heterocycles. The Morgan fingerprint density at radius 1 is 1.07 bits per heavy atom. The topological polar surface area (TPSA) is 84.3 Å². The first-order chi connectivity index (χ1) is 13.9. The Bertz CT molecular complexity index is 1020. The number of hydrogen-bond acceptors (Lipinski definition) is 4. The Labute approximate surface area is 171 Å². The normalized spacial score (nSPS) is 11.5. The van der Waals surface area contributed by atoms with Crippen LogP contribution in [-0.2, 0) is 27.9 Å². The second-order valence-corrected chi connectivity index (χ2v) is 8.74. The molecule has 0 radical (unpaired) electrons.